The molecule has 17 heavy (non-hydrogen) atoms. The number of nitrogens with zero attached hydrogens (tertiary/aromatic N) is 1. The molecule has 2 N–H and O–H groups in total. The average Bonchev–Trinajstić information content (AvgIpc) is 2.64. The van der Waals surface area contributed by atoms with E-state index in [1.807, 2.05) is 0 Å². The van der Waals surface area contributed by atoms with Crippen molar-refractivity contribution in [3.8, 4) is 0 Å². The van der Waals surface area contributed by atoms with Crippen LogP contribution in [0.4, 0.5) is 8.78 Å². The predicted octanol–water partition coefficient (Wildman–Crippen LogP) is 2.13. The van der Waals surface area contributed by atoms with Crippen LogP contribution in [0.2, 0.25) is 0 Å². The SMILES string of the molecule is CC1CCN(Cc2cc(F)ccc2F)C1CN. The molecular weight excluding hydrogens is 222 g/mol. The van der Waals surface area contributed by atoms with Crippen molar-refractivity contribution in [3.05, 3.63) is 35.4 Å². The second-order valence-corrected chi connectivity index (χ2v) is 4.78. The van der Waals surface area contributed by atoms with Gasteiger partial charge in [-0.1, -0.05) is 6.92 Å². The van der Waals surface area contributed by atoms with Crippen molar-refractivity contribution < 1.29 is 8.78 Å². The predicted molar refractivity (Wildman–Crippen MR) is 63.4 cm³/mol. The van der Waals surface area contributed by atoms with Gasteiger partial charge in [0.1, 0.15) is 11.6 Å². The molecule has 2 nitrogen and oxygen atoms in total. The summed E-state index contributed by atoms with van der Waals surface area (Å²) < 4.78 is 26.6. The van der Waals surface area contributed by atoms with Crippen LogP contribution in [0.15, 0.2) is 18.2 Å². The van der Waals surface area contributed by atoms with E-state index in [1.54, 1.807) is 0 Å². The summed E-state index contributed by atoms with van der Waals surface area (Å²) in [6.45, 7) is 4.06. The van der Waals surface area contributed by atoms with Crippen LogP contribution in [0.3, 0.4) is 0 Å². The molecule has 0 saturated carbocycles. The Labute approximate surface area is 100 Å². The molecule has 0 amide bonds. The lowest BCUT2D eigenvalue weighted by molar-refractivity contribution is 0.225. The number of likely N-dealkylation sites (tertiary alicyclic amines) is 1. The van der Waals surface area contributed by atoms with E-state index in [4.69, 9.17) is 5.73 Å². The molecule has 1 aromatic rings. The lowest BCUT2D eigenvalue weighted by Gasteiger charge is -2.25. The lowest BCUT2D eigenvalue weighted by Crippen LogP contribution is -2.38. The van der Waals surface area contributed by atoms with Crippen LogP contribution in [0.25, 0.3) is 0 Å². The Hall–Kier alpha value is -1.00. The molecule has 0 aromatic heterocycles. The first-order valence-corrected chi connectivity index (χ1v) is 6.00. The second-order valence-electron chi connectivity index (χ2n) is 4.78. The third-order valence-electron chi connectivity index (χ3n) is 3.62. The number of nitrogens with two attached hydrogens (primary N) is 1. The molecule has 1 aliphatic heterocycles. The van der Waals surface area contributed by atoms with Gasteiger partial charge in [0.15, 0.2) is 0 Å². The normalized spacial score (nSPS) is 25.4. The highest BCUT2D eigenvalue weighted by atomic mass is 19.1. The first kappa shape index (κ1) is 12.5. The van der Waals surface area contributed by atoms with Crippen LogP contribution in [0.1, 0.15) is 18.9 Å². The Morgan fingerprint density at radius 1 is 1.41 bits per heavy atom. The third kappa shape index (κ3) is 2.64. The molecule has 2 atom stereocenters. The van der Waals surface area contributed by atoms with Gasteiger partial charge in [0.05, 0.1) is 0 Å². The Kier molecular flexibility index (Phi) is 3.74. The van der Waals surface area contributed by atoms with Gasteiger partial charge in [-0.2, -0.15) is 0 Å². The summed E-state index contributed by atoms with van der Waals surface area (Å²) >= 11 is 0. The molecule has 0 spiro atoms. The summed E-state index contributed by atoms with van der Waals surface area (Å²) in [4.78, 5) is 2.14. The van der Waals surface area contributed by atoms with E-state index in [9.17, 15) is 8.78 Å². The summed E-state index contributed by atoms with van der Waals surface area (Å²) in [6.07, 6.45) is 1.07. The summed E-state index contributed by atoms with van der Waals surface area (Å²) in [7, 11) is 0. The van der Waals surface area contributed by atoms with Crippen molar-refractivity contribution >= 4 is 0 Å². The highest BCUT2D eigenvalue weighted by molar-refractivity contribution is 5.19. The minimum Gasteiger partial charge on any atom is -0.329 e. The van der Waals surface area contributed by atoms with Gasteiger partial charge in [0.25, 0.3) is 0 Å². The molecule has 1 fully saturated rings. The first-order chi connectivity index (χ1) is 8.11. The molecule has 1 aromatic carbocycles. The van der Waals surface area contributed by atoms with Crippen LogP contribution in [0, 0.1) is 17.6 Å². The lowest BCUT2D eigenvalue weighted by atomic mass is 10.0. The summed E-state index contributed by atoms with van der Waals surface area (Å²) in [6, 6.07) is 3.87. The Balaban J connectivity index is 2.12. The number of hydrogen-bond donors (Lipinski definition) is 1. The molecule has 1 heterocycles. The van der Waals surface area contributed by atoms with Crippen molar-refractivity contribution in [3.63, 3.8) is 0 Å². The number of hydrogen-bond acceptors (Lipinski definition) is 2. The van der Waals surface area contributed by atoms with E-state index < -0.39 is 5.82 Å². The average molecular weight is 240 g/mol. The topological polar surface area (TPSA) is 29.3 Å². The zero-order valence-electron chi connectivity index (χ0n) is 10.00. The fourth-order valence-corrected chi connectivity index (χ4v) is 2.55. The molecule has 0 bridgehead atoms. The van der Waals surface area contributed by atoms with E-state index >= 15 is 0 Å². The van der Waals surface area contributed by atoms with Gasteiger partial charge in [0, 0.05) is 24.7 Å². The molecule has 4 heteroatoms. The fraction of sp³-hybridized carbons (Fsp3) is 0.538. The van der Waals surface area contributed by atoms with Crippen molar-refractivity contribution in [2.24, 2.45) is 11.7 Å². The van der Waals surface area contributed by atoms with Crippen LogP contribution in [0.5, 0.6) is 0 Å². The van der Waals surface area contributed by atoms with E-state index in [2.05, 4.69) is 11.8 Å². The third-order valence-corrected chi connectivity index (χ3v) is 3.62. The molecular formula is C13H18F2N2. The second kappa shape index (κ2) is 5.10. The van der Waals surface area contributed by atoms with Gasteiger partial charge >= 0.3 is 0 Å². The van der Waals surface area contributed by atoms with Crippen molar-refractivity contribution in [2.45, 2.75) is 25.9 Å². The molecule has 2 unspecified atom stereocenters. The van der Waals surface area contributed by atoms with Crippen LogP contribution >= 0.6 is 0 Å². The van der Waals surface area contributed by atoms with Crippen LogP contribution in [-0.4, -0.2) is 24.0 Å². The van der Waals surface area contributed by atoms with Gasteiger partial charge in [-0.3, -0.25) is 4.90 Å². The Morgan fingerprint density at radius 3 is 2.88 bits per heavy atom. The quantitative estimate of drug-likeness (QED) is 0.877. The maximum atomic E-state index is 13.5. The molecule has 0 aliphatic carbocycles. The number of benzene rings is 1. The van der Waals surface area contributed by atoms with Crippen molar-refractivity contribution in [1.29, 1.82) is 0 Å². The van der Waals surface area contributed by atoms with Gasteiger partial charge in [-0.25, -0.2) is 8.78 Å². The summed E-state index contributed by atoms with van der Waals surface area (Å²) in [5.41, 5.74) is 6.14. The Bertz CT molecular complexity index is 395. The number of halogens is 2. The van der Waals surface area contributed by atoms with Gasteiger partial charge in [0.2, 0.25) is 0 Å². The van der Waals surface area contributed by atoms with Gasteiger partial charge in [-0.05, 0) is 37.1 Å². The summed E-state index contributed by atoms with van der Waals surface area (Å²) in [5.74, 6) is -0.212. The first-order valence-electron chi connectivity index (χ1n) is 6.00. The highest BCUT2D eigenvalue weighted by Crippen LogP contribution is 2.25. The maximum absolute atomic E-state index is 13.5. The van der Waals surface area contributed by atoms with Crippen LogP contribution in [-0.2, 0) is 6.54 Å². The minimum absolute atomic E-state index is 0.276. The smallest absolute Gasteiger partial charge is 0.127 e. The minimum atomic E-state index is -0.391. The largest absolute Gasteiger partial charge is 0.329 e. The van der Waals surface area contributed by atoms with E-state index in [0.717, 1.165) is 19.0 Å². The van der Waals surface area contributed by atoms with E-state index in [-0.39, 0.29) is 11.9 Å². The molecule has 94 valence electrons. The zero-order chi connectivity index (χ0) is 12.4. The van der Waals surface area contributed by atoms with Crippen molar-refractivity contribution in [1.82, 2.24) is 4.90 Å². The van der Waals surface area contributed by atoms with Crippen LogP contribution < -0.4 is 5.73 Å². The van der Waals surface area contributed by atoms with Crippen molar-refractivity contribution in [2.75, 3.05) is 13.1 Å². The molecule has 2 rings (SSSR count). The monoisotopic (exact) mass is 240 g/mol. The highest BCUT2D eigenvalue weighted by Gasteiger charge is 2.30. The Morgan fingerprint density at radius 2 is 2.18 bits per heavy atom. The maximum Gasteiger partial charge on any atom is 0.127 e. The summed E-state index contributed by atoms with van der Waals surface area (Å²) in [5, 5.41) is 0. The van der Waals surface area contributed by atoms with E-state index in [1.165, 1.54) is 12.1 Å². The van der Waals surface area contributed by atoms with E-state index in [0.29, 0.717) is 24.6 Å². The molecule has 1 saturated heterocycles. The molecule has 0 radical (unpaired) electrons. The number of rotatable bonds is 3. The van der Waals surface area contributed by atoms with Gasteiger partial charge < -0.3 is 5.73 Å². The fourth-order valence-electron chi connectivity index (χ4n) is 2.55. The van der Waals surface area contributed by atoms with Gasteiger partial charge in [-0.15, -0.1) is 0 Å². The zero-order valence-corrected chi connectivity index (χ0v) is 10.00. The standard InChI is InChI=1S/C13H18F2N2/c1-9-4-5-17(13(9)7-16)8-10-6-11(14)2-3-12(10)15/h2-3,6,9,13H,4-5,7-8,16H2,1H3. The molecule has 1 aliphatic rings.